The predicted molar refractivity (Wildman–Crippen MR) is 97.6 cm³/mol. The Labute approximate surface area is 141 Å². The second-order valence-corrected chi connectivity index (χ2v) is 7.13. The first-order valence-electron chi connectivity index (χ1n) is 8.11. The standard InChI is InChI=1S/C19H21N5/c1-19(2,3)24-18-15(17(20)21-11-22-18)16(23-24)14-10-6-8-12-7-4-5-9-13(12)14/h4-11,16,23H,1-3H3,(H2,20,21,22)/t16-/m0/s1. The van der Waals surface area contributed by atoms with Crippen LogP contribution in [0.25, 0.3) is 10.8 Å². The van der Waals surface area contributed by atoms with Crippen molar-refractivity contribution in [3.8, 4) is 0 Å². The maximum Gasteiger partial charge on any atom is 0.154 e. The lowest BCUT2D eigenvalue weighted by atomic mass is 9.95. The summed E-state index contributed by atoms with van der Waals surface area (Å²) in [6, 6.07) is 14.7. The van der Waals surface area contributed by atoms with E-state index >= 15 is 0 Å². The molecule has 1 atom stereocenters. The first-order valence-corrected chi connectivity index (χ1v) is 8.11. The number of nitrogen functional groups attached to an aromatic ring is 1. The molecule has 0 unspecified atom stereocenters. The lowest BCUT2D eigenvalue weighted by molar-refractivity contribution is 0.438. The van der Waals surface area contributed by atoms with Crippen molar-refractivity contribution in [3.63, 3.8) is 0 Å². The minimum Gasteiger partial charge on any atom is -0.383 e. The first kappa shape index (κ1) is 14.9. The Morgan fingerprint density at radius 1 is 1.04 bits per heavy atom. The molecule has 3 N–H and O–H groups in total. The average molecular weight is 319 g/mol. The number of anilines is 2. The van der Waals surface area contributed by atoms with Gasteiger partial charge in [-0.15, -0.1) is 0 Å². The van der Waals surface area contributed by atoms with Crippen molar-refractivity contribution in [3.05, 3.63) is 59.9 Å². The average Bonchev–Trinajstić information content (AvgIpc) is 2.95. The molecule has 1 aliphatic rings. The van der Waals surface area contributed by atoms with E-state index < -0.39 is 0 Å². The molecular formula is C19H21N5. The smallest absolute Gasteiger partial charge is 0.154 e. The van der Waals surface area contributed by atoms with Crippen molar-refractivity contribution in [2.45, 2.75) is 32.4 Å². The second kappa shape index (κ2) is 5.18. The van der Waals surface area contributed by atoms with Crippen molar-refractivity contribution in [1.29, 1.82) is 0 Å². The maximum absolute atomic E-state index is 6.23. The van der Waals surface area contributed by atoms with Gasteiger partial charge in [0, 0.05) is 5.54 Å². The van der Waals surface area contributed by atoms with E-state index in [0.717, 1.165) is 11.4 Å². The van der Waals surface area contributed by atoms with Crippen LogP contribution in [0, 0.1) is 0 Å². The molecule has 0 aliphatic carbocycles. The molecule has 122 valence electrons. The van der Waals surface area contributed by atoms with Crippen LogP contribution in [0.4, 0.5) is 11.6 Å². The van der Waals surface area contributed by atoms with Gasteiger partial charge >= 0.3 is 0 Å². The summed E-state index contributed by atoms with van der Waals surface area (Å²) in [6.45, 7) is 6.44. The summed E-state index contributed by atoms with van der Waals surface area (Å²) in [7, 11) is 0. The molecule has 5 heteroatoms. The van der Waals surface area contributed by atoms with Gasteiger partial charge in [-0.1, -0.05) is 42.5 Å². The van der Waals surface area contributed by atoms with E-state index in [9.17, 15) is 0 Å². The van der Waals surface area contributed by atoms with Crippen LogP contribution in [0.5, 0.6) is 0 Å². The van der Waals surface area contributed by atoms with Gasteiger partial charge in [0.05, 0.1) is 11.6 Å². The number of fused-ring (bicyclic) bond motifs is 2. The number of hydrazine groups is 1. The molecule has 0 bridgehead atoms. The maximum atomic E-state index is 6.23. The molecule has 0 saturated heterocycles. The summed E-state index contributed by atoms with van der Waals surface area (Å²) in [5.41, 5.74) is 11.8. The lowest BCUT2D eigenvalue weighted by Gasteiger charge is -2.33. The third kappa shape index (κ3) is 2.20. The Bertz CT molecular complexity index is 908. The highest BCUT2D eigenvalue weighted by Crippen LogP contribution is 2.42. The van der Waals surface area contributed by atoms with E-state index in [1.54, 1.807) is 0 Å². The fourth-order valence-corrected chi connectivity index (χ4v) is 3.35. The molecule has 0 amide bonds. The zero-order chi connectivity index (χ0) is 16.9. The first-order chi connectivity index (χ1) is 11.5. The van der Waals surface area contributed by atoms with Crippen molar-refractivity contribution < 1.29 is 0 Å². The van der Waals surface area contributed by atoms with Gasteiger partial charge in [0.15, 0.2) is 5.82 Å². The molecule has 1 aromatic heterocycles. The quantitative estimate of drug-likeness (QED) is 0.719. The molecule has 24 heavy (non-hydrogen) atoms. The van der Waals surface area contributed by atoms with Crippen molar-refractivity contribution in [2.75, 3.05) is 10.7 Å². The van der Waals surface area contributed by atoms with Crippen LogP contribution in [0.3, 0.4) is 0 Å². The number of hydrogen-bond acceptors (Lipinski definition) is 5. The lowest BCUT2D eigenvalue weighted by Crippen LogP contribution is -2.48. The Morgan fingerprint density at radius 3 is 2.58 bits per heavy atom. The number of nitrogens with zero attached hydrogens (tertiary/aromatic N) is 3. The normalized spacial score (nSPS) is 17.3. The van der Waals surface area contributed by atoms with Crippen LogP contribution < -0.4 is 16.2 Å². The molecule has 2 aromatic carbocycles. The number of rotatable bonds is 1. The molecule has 3 aromatic rings. The molecule has 4 rings (SSSR count). The van der Waals surface area contributed by atoms with Gasteiger partial charge in [-0.05, 0) is 37.1 Å². The molecule has 0 spiro atoms. The third-order valence-electron chi connectivity index (χ3n) is 4.46. The van der Waals surface area contributed by atoms with E-state index in [1.165, 1.54) is 22.7 Å². The molecule has 0 radical (unpaired) electrons. The highest BCUT2D eigenvalue weighted by atomic mass is 15.6. The van der Waals surface area contributed by atoms with Crippen molar-refractivity contribution >= 4 is 22.4 Å². The number of nitrogens with two attached hydrogens (primary N) is 1. The van der Waals surface area contributed by atoms with Crippen LogP contribution in [0.1, 0.15) is 37.9 Å². The van der Waals surface area contributed by atoms with E-state index in [1.807, 2.05) is 0 Å². The molecule has 0 saturated carbocycles. The fourth-order valence-electron chi connectivity index (χ4n) is 3.35. The van der Waals surface area contributed by atoms with Crippen molar-refractivity contribution in [2.24, 2.45) is 0 Å². The van der Waals surface area contributed by atoms with E-state index in [-0.39, 0.29) is 11.6 Å². The molecule has 1 aliphatic heterocycles. The summed E-state index contributed by atoms with van der Waals surface area (Å²) in [5, 5.41) is 4.51. The third-order valence-corrected chi connectivity index (χ3v) is 4.46. The highest BCUT2D eigenvalue weighted by Gasteiger charge is 2.38. The minimum atomic E-state index is -0.130. The summed E-state index contributed by atoms with van der Waals surface area (Å²) in [5.74, 6) is 1.38. The van der Waals surface area contributed by atoms with E-state index in [4.69, 9.17) is 5.73 Å². The molecule has 2 heterocycles. The Hall–Kier alpha value is -2.66. The zero-order valence-electron chi connectivity index (χ0n) is 14.1. The fraction of sp³-hybridized carbons (Fsp3) is 0.263. The topological polar surface area (TPSA) is 67.1 Å². The molecule has 5 nitrogen and oxygen atoms in total. The van der Waals surface area contributed by atoms with Crippen LogP contribution in [-0.2, 0) is 0 Å². The monoisotopic (exact) mass is 319 g/mol. The minimum absolute atomic E-state index is 0.0634. The van der Waals surface area contributed by atoms with Gasteiger partial charge < -0.3 is 5.73 Å². The van der Waals surface area contributed by atoms with Crippen LogP contribution in [0.15, 0.2) is 48.8 Å². The molecular weight excluding hydrogens is 298 g/mol. The van der Waals surface area contributed by atoms with Crippen LogP contribution in [0.2, 0.25) is 0 Å². The molecule has 0 fully saturated rings. The van der Waals surface area contributed by atoms with Gasteiger partial charge in [-0.3, -0.25) is 5.01 Å². The van der Waals surface area contributed by atoms with Gasteiger partial charge in [0.1, 0.15) is 12.1 Å². The largest absolute Gasteiger partial charge is 0.383 e. The van der Waals surface area contributed by atoms with E-state index in [2.05, 4.69) is 83.6 Å². The summed E-state index contributed by atoms with van der Waals surface area (Å²) in [6.07, 6.45) is 1.53. The van der Waals surface area contributed by atoms with Gasteiger partial charge in [0.2, 0.25) is 0 Å². The number of hydrogen-bond donors (Lipinski definition) is 2. The van der Waals surface area contributed by atoms with E-state index in [0.29, 0.717) is 5.82 Å². The zero-order valence-corrected chi connectivity index (χ0v) is 14.1. The predicted octanol–water partition coefficient (Wildman–Crippen LogP) is 3.42. The Morgan fingerprint density at radius 2 is 1.79 bits per heavy atom. The number of benzene rings is 2. The summed E-state index contributed by atoms with van der Waals surface area (Å²) < 4.78 is 0. The SMILES string of the molecule is CC(C)(C)N1N[C@@H](c2cccc3ccccc23)c2c(N)ncnc21. The number of aromatic nitrogens is 2. The highest BCUT2D eigenvalue weighted by molar-refractivity contribution is 5.87. The van der Waals surface area contributed by atoms with Crippen LogP contribution >= 0.6 is 0 Å². The summed E-state index contributed by atoms with van der Waals surface area (Å²) >= 11 is 0. The Kier molecular flexibility index (Phi) is 3.21. The van der Waals surface area contributed by atoms with Crippen molar-refractivity contribution in [1.82, 2.24) is 15.4 Å². The summed E-state index contributed by atoms with van der Waals surface area (Å²) in [4.78, 5) is 8.72. The van der Waals surface area contributed by atoms with Gasteiger partial charge in [-0.2, -0.15) is 0 Å². The second-order valence-electron chi connectivity index (χ2n) is 7.13. The van der Waals surface area contributed by atoms with Gasteiger partial charge in [-0.25, -0.2) is 15.4 Å². The van der Waals surface area contributed by atoms with Gasteiger partial charge in [0.25, 0.3) is 0 Å². The number of nitrogens with one attached hydrogen (secondary N) is 1. The Balaban J connectivity index is 1.94. The van der Waals surface area contributed by atoms with Crippen LogP contribution in [-0.4, -0.2) is 15.5 Å².